The first kappa shape index (κ1) is 45.2. The van der Waals surface area contributed by atoms with Crippen molar-refractivity contribution in [3.63, 3.8) is 0 Å². The highest BCUT2D eigenvalue weighted by Gasteiger charge is 2.32. The van der Waals surface area contributed by atoms with Crippen LogP contribution in [0.3, 0.4) is 0 Å². The summed E-state index contributed by atoms with van der Waals surface area (Å²) in [6, 6.07) is 24.1. The van der Waals surface area contributed by atoms with Gasteiger partial charge in [0, 0.05) is 42.5 Å². The summed E-state index contributed by atoms with van der Waals surface area (Å²) in [6.07, 6.45) is 6.55. The number of halogens is 3. The van der Waals surface area contributed by atoms with Crippen LogP contribution in [0.4, 0.5) is 5.69 Å². The van der Waals surface area contributed by atoms with Gasteiger partial charge in [-0.3, -0.25) is 14.8 Å². The predicted octanol–water partition coefficient (Wildman–Crippen LogP) is 11.5. The second kappa shape index (κ2) is 20.5. The van der Waals surface area contributed by atoms with Gasteiger partial charge in [0.2, 0.25) is 5.69 Å². The molecule has 0 aliphatic carbocycles. The van der Waals surface area contributed by atoms with E-state index in [0.29, 0.717) is 66.0 Å². The first-order valence-electron chi connectivity index (χ1n) is 19.3. The molecule has 0 fully saturated rings. The maximum Gasteiger partial charge on any atom is 0.311 e. The number of aliphatic hydroxyl groups is 1. The third-order valence-corrected chi connectivity index (χ3v) is 11.4. The van der Waals surface area contributed by atoms with E-state index in [1.54, 1.807) is 48.8 Å². The van der Waals surface area contributed by atoms with E-state index in [2.05, 4.69) is 33.0 Å². The van der Waals surface area contributed by atoms with Crippen molar-refractivity contribution in [2.75, 3.05) is 6.61 Å². The van der Waals surface area contributed by atoms with Gasteiger partial charge in [0.25, 0.3) is 0 Å². The van der Waals surface area contributed by atoms with Gasteiger partial charge in [-0.25, -0.2) is 4.85 Å². The summed E-state index contributed by atoms with van der Waals surface area (Å²) in [6.45, 7) is 13.0. The summed E-state index contributed by atoms with van der Waals surface area (Å²) in [5, 5.41) is 29.8. The van der Waals surface area contributed by atoms with Gasteiger partial charge < -0.3 is 29.2 Å². The summed E-state index contributed by atoms with van der Waals surface area (Å²) < 4.78 is 24.7. The van der Waals surface area contributed by atoms with Crippen molar-refractivity contribution in [1.29, 1.82) is 5.26 Å². The Morgan fingerprint density at radius 1 is 0.726 bits per heavy atom. The van der Waals surface area contributed by atoms with Crippen LogP contribution < -0.4 is 18.9 Å². The average Bonchev–Trinajstić information content (AvgIpc) is 3.27. The Morgan fingerprint density at radius 2 is 1.24 bits per heavy atom. The number of nitrogens with zero attached hydrogens (tertiary/aromatic N) is 4. The number of nitriles is 1. The number of aryl methyl sites for hydroxylation is 1. The molecule has 0 bridgehead atoms. The Hall–Kier alpha value is -6.34. The second-order valence-corrected chi connectivity index (χ2v) is 16.0. The number of aliphatic carboxylic acids is 1. The number of hydrogen-bond acceptors (Lipinski definition) is 9. The molecular weight excluding hydrogens is 851 g/mol. The summed E-state index contributed by atoms with van der Waals surface area (Å²) in [4.78, 5) is 23.6. The fourth-order valence-electron chi connectivity index (χ4n) is 6.55. The van der Waals surface area contributed by atoms with Crippen molar-refractivity contribution in [2.24, 2.45) is 5.41 Å². The molecule has 2 heterocycles. The number of ether oxygens (including phenoxy) is 4. The van der Waals surface area contributed by atoms with Crippen LogP contribution in [0.1, 0.15) is 57.9 Å². The minimum Gasteiger partial charge on any atom is -0.488 e. The van der Waals surface area contributed by atoms with Crippen molar-refractivity contribution in [3.05, 3.63) is 169 Å². The fourth-order valence-corrected chi connectivity index (χ4v) is 7.28. The molecule has 316 valence electrons. The molecule has 14 heteroatoms. The van der Waals surface area contributed by atoms with Gasteiger partial charge in [0.05, 0.1) is 39.2 Å². The number of pyridine rings is 2. The van der Waals surface area contributed by atoms with E-state index in [-0.39, 0.29) is 39.3 Å². The van der Waals surface area contributed by atoms with E-state index in [9.17, 15) is 20.3 Å². The Morgan fingerprint density at radius 3 is 1.79 bits per heavy atom. The smallest absolute Gasteiger partial charge is 0.311 e. The van der Waals surface area contributed by atoms with Crippen LogP contribution in [0.5, 0.6) is 23.0 Å². The van der Waals surface area contributed by atoms with Crippen molar-refractivity contribution in [2.45, 2.75) is 60.0 Å². The van der Waals surface area contributed by atoms with Gasteiger partial charge in [0.15, 0.2) is 0 Å². The maximum atomic E-state index is 11.9. The number of carboxylic acids is 1. The Bertz CT molecular complexity index is 2700. The van der Waals surface area contributed by atoms with Gasteiger partial charge in [-0.2, -0.15) is 5.26 Å². The zero-order valence-electron chi connectivity index (χ0n) is 34.0. The molecule has 62 heavy (non-hydrogen) atoms. The normalized spacial score (nSPS) is 11.8. The predicted molar refractivity (Wildman–Crippen MR) is 237 cm³/mol. The van der Waals surface area contributed by atoms with Crippen LogP contribution in [0.25, 0.3) is 16.0 Å². The quantitative estimate of drug-likeness (QED) is 0.0799. The molecule has 1 atom stereocenters. The summed E-state index contributed by atoms with van der Waals surface area (Å²) in [5.41, 5.74) is 7.35. The van der Waals surface area contributed by atoms with Gasteiger partial charge in [-0.1, -0.05) is 71.2 Å². The molecule has 0 aliphatic rings. The molecule has 0 aliphatic heterocycles. The van der Waals surface area contributed by atoms with E-state index >= 15 is 0 Å². The lowest BCUT2D eigenvalue weighted by atomic mass is 9.85. The van der Waals surface area contributed by atoms with Crippen LogP contribution >= 0.6 is 34.8 Å². The Labute approximate surface area is 374 Å². The molecule has 0 spiro atoms. The molecule has 2 aromatic heterocycles. The van der Waals surface area contributed by atoms with Crippen molar-refractivity contribution in [3.8, 4) is 40.2 Å². The van der Waals surface area contributed by atoms with E-state index in [4.69, 9.17) is 60.3 Å². The number of carboxylic acid groups (broad SMARTS) is 1. The number of rotatable bonds is 18. The molecule has 2 N–H and O–H groups in total. The first-order chi connectivity index (χ1) is 29.8. The lowest BCUT2D eigenvalue weighted by Gasteiger charge is -2.23. The van der Waals surface area contributed by atoms with Crippen LogP contribution in [0, 0.1) is 37.2 Å². The largest absolute Gasteiger partial charge is 0.488 e. The molecule has 11 nitrogen and oxygen atoms in total. The number of hydrogen-bond donors (Lipinski definition) is 2. The lowest BCUT2D eigenvalue weighted by Crippen LogP contribution is -2.32. The molecular formula is C48H41Cl3N4O7. The number of aromatic nitrogens is 2. The molecule has 0 unspecified atom stereocenters. The molecule has 4 aromatic carbocycles. The molecule has 0 radical (unpaired) electrons. The topological polar surface area (TPSA) is 148 Å². The second-order valence-electron chi connectivity index (χ2n) is 14.8. The first-order valence-corrected chi connectivity index (χ1v) is 20.5. The van der Waals surface area contributed by atoms with E-state index in [1.807, 2.05) is 38.1 Å². The van der Waals surface area contributed by atoms with E-state index in [0.717, 1.165) is 33.4 Å². The summed E-state index contributed by atoms with van der Waals surface area (Å²) >= 11 is 19.8. The number of aliphatic hydroxyl groups excluding tert-OH is 1. The van der Waals surface area contributed by atoms with Crippen molar-refractivity contribution >= 4 is 46.5 Å². The van der Waals surface area contributed by atoms with Crippen molar-refractivity contribution in [1.82, 2.24) is 9.97 Å². The minimum atomic E-state index is -1.36. The Kier molecular flexibility index (Phi) is 14.9. The van der Waals surface area contributed by atoms with Gasteiger partial charge in [-0.05, 0) is 102 Å². The highest BCUT2D eigenvalue weighted by molar-refractivity contribution is 6.36. The van der Waals surface area contributed by atoms with Gasteiger partial charge in [-0.15, -0.1) is 0 Å². The van der Waals surface area contributed by atoms with Crippen LogP contribution in [-0.2, 0) is 37.6 Å². The van der Waals surface area contributed by atoms with E-state index in [1.165, 1.54) is 19.3 Å². The van der Waals surface area contributed by atoms with Crippen LogP contribution in [0.2, 0.25) is 15.1 Å². The summed E-state index contributed by atoms with van der Waals surface area (Å²) in [5.74, 6) is 0.442. The van der Waals surface area contributed by atoms with Gasteiger partial charge in [0.1, 0.15) is 55.5 Å². The van der Waals surface area contributed by atoms with Crippen LogP contribution in [-0.4, -0.2) is 32.8 Å². The molecule has 0 saturated carbocycles. The van der Waals surface area contributed by atoms with E-state index < -0.39 is 18.0 Å². The third-order valence-electron chi connectivity index (χ3n) is 10.5. The average molecular weight is 892 g/mol. The minimum absolute atomic E-state index is 0.0892. The zero-order valence-corrected chi connectivity index (χ0v) is 36.3. The monoisotopic (exact) mass is 890 g/mol. The molecule has 0 saturated heterocycles. The summed E-state index contributed by atoms with van der Waals surface area (Å²) in [7, 11) is 0. The zero-order chi connectivity index (χ0) is 44.4. The maximum absolute atomic E-state index is 11.9. The Balaban J connectivity index is 1.19. The van der Waals surface area contributed by atoms with Crippen LogP contribution in [0.15, 0.2) is 97.6 Å². The molecule has 6 aromatic rings. The van der Waals surface area contributed by atoms with Crippen molar-refractivity contribution < 1.29 is 34.0 Å². The number of benzene rings is 4. The number of carbonyl (C=O) groups is 1. The van der Waals surface area contributed by atoms with Gasteiger partial charge >= 0.3 is 5.97 Å². The third kappa shape index (κ3) is 10.9. The molecule has 0 amide bonds. The highest BCUT2D eigenvalue weighted by Crippen LogP contribution is 2.39. The SMILES string of the molecule is [C-]#[N+]c1cncc(COc2cc(OCc3cccc(-c4cccc(COc5cc(OCc6cncc(C#N)c6)c(Cl)cc5Cl)c4C)c3C)c(Cl)cc2CC[C@@](C)(CO)C(=O)O)c1. The highest BCUT2D eigenvalue weighted by atomic mass is 35.5. The lowest BCUT2D eigenvalue weighted by molar-refractivity contribution is -0.150. The molecule has 6 rings (SSSR count). The standard InChI is InChI=1S/C48H41Cl3N4O7/c1-29-35(26-61-44-17-43(59-25-33-14-37(53-4)23-55-22-33)34(15-40(44)49)11-12-48(3,28-56)47(57)58)7-5-9-38(29)39-10-6-8-36(30(39)2)27-62-46-18-45(41(50)16-42(46)51)60-24-32-13-31(19-52)20-54-21-32/h5-10,13-18,20-23,56H,11-12,24-28H2,1-3H3,(H,57,58)/t48-/m0/s1. The fraction of sp³-hybridized carbons (Fsp3) is 0.229.